The molecule has 120 valence electrons. The van der Waals surface area contributed by atoms with Gasteiger partial charge in [-0.1, -0.05) is 30.3 Å². The maximum absolute atomic E-state index is 11.0. The lowest BCUT2D eigenvalue weighted by Crippen LogP contribution is -2.29. The highest BCUT2D eigenvalue weighted by Gasteiger charge is 2.40. The Bertz CT molecular complexity index is 933. The van der Waals surface area contributed by atoms with Crippen molar-refractivity contribution < 1.29 is 5.11 Å². The number of anilines is 1. The van der Waals surface area contributed by atoms with Crippen LogP contribution in [0.3, 0.4) is 0 Å². The lowest BCUT2D eigenvalue weighted by molar-refractivity contribution is 0.0711. The van der Waals surface area contributed by atoms with Crippen molar-refractivity contribution in [3.8, 4) is 11.3 Å². The van der Waals surface area contributed by atoms with Crippen molar-refractivity contribution in [1.82, 2.24) is 14.5 Å². The fourth-order valence-electron chi connectivity index (χ4n) is 4.33. The molecule has 0 saturated heterocycles. The van der Waals surface area contributed by atoms with Crippen molar-refractivity contribution in [2.45, 2.75) is 25.0 Å². The number of nitrogens with zero attached hydrogens (tertiary/aromatic N) is 3. The number of nitrogens with two attached hydrogens (primary N) is 1. The molecule has 0 unspecified atom stereocenters. The molecule has 0 spiro atoms. The number of aliphatic hydroxyl groups excluding tert-OH is 1. The number of pyridine rings is 1. The van der Waals surface area contributed by atoms with Crippen molar-refractivity contribution in [3.05, 3.63) is 65.7 Å². The van der Waals surface area contributed by atoms with Gasteiger partial charge >= 0.3 is 0 Å². The van der Waals surface area contributed by atoms with E-state index in [0.29, 0.717) is 5.82 Å². The van der Waals surface area contributed by atoms with E-state index in [4.69, 9.17) is 5.73 Å². The third kappa shape index (κ3) is 1.79. The highest BCUT2D eigenvalue weighted by molar-refractivity contribution is 5.69. The summed E-state index contributed by atoms with van der Waals surface area (Å²) >= 11 is 0. The van der Waals surface area contributed by atoms with E-state index in [1.54, 1.807) is 6.07 Å². The molecule has 2 aromatic heterocycles. The maximum Gasteiger partial charge on any atom is 0.123 e. The summed E-state index contributed by atoms with van der Waals surface area (Å²) in [5.41, 5.74) is 11.2. The molecule has 0 bridgehead atoms. The molecule has 1 aliphatic carbocycles. The van der Waals surface area contributed by atoms with Crippen LogP contribution in [0, 0.1) is 5.92 Å². The molecular weight excluding hydrogens is 300 g/mol. The fourth-order valence-corrected chi connectivity index (χ4v) is 4.33. The number of aliphatic hydroxyl groups is 1. The van der Waals surface area contributed by atoms with E-state index in [1.807, 2.05) is 18.6 Å². The first-order valence-corrected chi connectivity index (χ1v) is 8.28. The van der Waals surface area contributed by atoms with Gasteiger partial charge in [0, 0.05) is 22.7 Å². The molecule has 3 atom stereocenters. The fraction of sp³-hybridized carbons (Fsp3) is 0.263. The Morgan fingerprint density at radius 1 is 1.12 bits per heavy atom. The average Bonchev–Trinajstić information content (AvgIpc) is 3.16. The van der Waals surface area contributed by atoms with Crippen molar-refractivity contribution in [3.63, 3.8) is 0 Å². The number of imidazole rings is 1. The second-order valence-electron chi connectivity index (χ2n) is 6.64. The van der Waals surface area contributed by atoms with Gasteiger partial charge in [-0.15, -0.1) is 0 Å². The summed E-state index contributed by atoms with van der Waals surface area (Å²) in [5, 5.41) is 11.0. The van der Waals surface area contributed by atoms with Gasteiger partial charge in [-0.2, -0.15) is 0 Å². The zero-order valence-electron chi connectivity index (χ0n) is 13.1. The summed E-state index contributed by atoms with van der Waals surface area (Å²) in [6.07, 6.45) is 4.95. The normalized spacial score (nSPS) is 24.3. The van der Waals surface area contributed by atoms with Crippen molar-refractivity contribution in [2.75, 3.05) is 5.73 Å². The number of rotatable bonds is 1. The minimum atomic E-state index is -0.548. The zero-order chi connectivity index (χ0) is 16.3. The van der Waals surface area contributed by atoms with Gasteiger partial charge in [0.25, 0.3) is 0 Å². The molecular formula is C19H18N4O. The molecule has 1 aromatic carbocycles. The van der Waals surface area contributed by atoms with Gasteiger partial charge in [0.15, 0.2) is 0 Å². The zero-order valence-corrected chi connectivity index (χ0v) is 13.1. The highest BCUT2D eigenvalue weighted by Crippen LogP contribution is 2.49. The summed E-state index contributed by atoms with van der Waals surface area (Å²) in [6.45, 7) is 0. The Hall–Kier alpha value is -2.66. The molecule has 3 N–H and O–H groups in total. The molecule has 5 nitrogen and oxygen atoms in total. The second kappa shape index (κ2) is 4.92. The van der Waals surface area contributed by atoms with E-state index in [1.165, 1.54) is 11.1 Å². The number of hydrogen-bond donors (Lipinski definition) is 2. The van der Waals surface area contributed by atoms with Crippen molar-refractivity contribution >= 4 is 5.82 Å². The first-order valence-electron chi connectivity index (χ1n) is 8.28. The van der Waals surface area contributed by atoms with Gasteiger partial charge < -0.3 is 15.4 Å². The number of aryl methyl sites for hydroxylation is 1. The van der Waals surface area contributed by atoms with Crippen LogP contribution in [-0.2, 0) is 6.42 Å². The van der Waals surface area contributed by atoms with Gasteiger partial charge in [0.1, 0.15) is 5.82 Å². The molecule has 5 heteroatoms. The smallest absolute Gasteiger partial charge is 0.123 e. The predicted octanol–water partition coefficient (Wildman–Crippen LogP) is 2.73. The Labute approximate surface area is 139 Å². The molecule has 0 radical (unpaired) electrons. The Balaban J connectivity index is 1.62. The van der Waals surface area contributed by atoms with E-state index in [9.17, 15) is 5.11 Å². The Morgan fingerprint density at radius 3 is 2.92 bits per heavy atom. The van der Waals surface area contributed by atoms with Crippen LogP contribution in [0.4, 0.5) is 5.82 Å². The number of fused-ring (bicyclic) bond motifs is 4. The van der Waals surface area contributed by atoms with E-state index >= 15 is 0 Å². The maximum atomic E-state index is 11.0. The van der Waals surface area contributed by atoms with E-state index in [-0.39, 0.29) is 12.0 Å². The van der Waals surface area contributed by atoms with E-state index < -0.39 is 6.10 Å². The summed E-state index contributed by atoms with van der Waals surface area (Å²) in [6, 6.07) is 12.2. The van der Waals surface area contributed by atoms with Crippen LogP contribution in [0.25, 0.3) is 11.3 Å². The van der Waals surface area contributed by atoms with E-state index in [2.05, 4.69) is 38.8 Å². The van der Waals surface area contributed by atoms with Crippen molar-refractivity contribution in [1.29, 1.82) is 0 Å². The van der Waals surface area contributed by atoms with Crippen LogP contribution < -0.4 is 5.73 Å². The molecule has 0 amide bonds. The lowest BCUT2D eigenvalue weighted by Gasteiger charge is -2.34. The van der Waals surface area contributed by atoms with E-state index in [0.717, 1.165) is 29.8 Å². The molecule has 1 aliphatic heterocycles. The number of nitrogen functional groups attached to an aromatic ring is 1. The largest absolute Gasteiger partial charge is 0.388 e. The third-order valence-corrected chi connectivity index (χ3v) is 5.40. The molecule has 3 aromatic rings. The predicted molar refractivity (Wildman–Crippen MR) is 91.2 cm³/mol. The molecule has 3 heterocycles. The third-order valence-electron chi connectivity index (χ3n) is 5.40. The van der Waals surface area contributed by atoms with Crippen LogP contribution in [0.15, 0.2) is 48.9 Å². The lowest BCUT2D eigenvalue weighted by atomic mass is 9.77. The van der Waals surface area contributed by atoms with Gasteiger partial charge in [-0.3, -0.25) is 0 Å². The average molecular weight is 318 g/mol. The van der Waals surface area contributed by atoms with Crippen molar-refractivity contribution in [2.24, 2.45) is 5.92 Å². The van der Waals surface area contributed by atoms with Crippen LogP contribution in [0.2, 0.25) is 0 Å². The van der Waals surface area contributed by atoms with Gasteiger partial charge in [-0.25, -0.2) is 9.97 Å². The monoisotopic (exact) mass is 318 g/mol. The first-order chi connectivity index (χ1) is 11.7. The first kappa shape index (κ1) is 13.7. The van der Waals surface area contributed by atoms with Crippen LogP contribution in [0.1, 0.15) is 35.4 Å². The topological polar surface area (TPSA) is 77.0 Å². The highest BCUT2D eigenvalue weighted by atomic mass is 16.3. The summed E-state index contributed by atoms with van der Waals surface area (Å²) < 4.78 is 2.20. The minimum absolute atomic E-state index is 0.0968. The summed E-state index contributed by atoms with van der Waals surface area (Å²) in [4.78, 5) is 8.72. The minimum Gasteiger partial charge on any atom is -0.388 e. The van der Waals surface area contributed by atoms with Crippen LogP contribution >= 0.6 is 0 Å². The molecule has 0 saturated carbocycles. The van der Waals surface area contributed by atoms with Crippen LogP contribution in [0.5, 0.6) is 0 Å². The molecule has 0 fully saturated rings. The number of hydrogen-bond acceptors (Lipinski definition) is 4. The second-order valence-corrected chi connectivity index (χ2v) is 6.64. The quantitative estimate of drug-likeness (QED) is 0.723. The number of aromatic nitrogens is 3. The van der Waals surface area contributed by atoms with Crippen LogP contribution in [-0.4, -0.2) is 19.6 Å². The number of benzene rings is 1. The Morgan fingerprint density at radius 2 is 2.00 bits per heavy atom. The van der Waals surface area contributed by atoms with Gasteiger partial charge in [0.2, 0.25) is 0 Å². The molecule has 2 aliphatic rings. The molecule has 5 rings (SSSR count). The standard InChI is InChI=1S/C19H18N4O/c20-17-8-6-13-15(22-17)7-5-14(19(13)24)18-12-4-2-1-3-11(12)16-9-21-10-23(16)18/h1-4,6,8-10,14,18-19,24H,5,7H2,(H2,20,22)/t14-,18-,19+/m1/s1. The SMILES string of the molecule is Nc1ccc2c(n1)CC[C@H]([C@H]1c3ccccc3-c3cncn31)[C@H]2O. The summed E-state index contributed by atoms with van der Waals surface area (Å²) in [5.74, 6) is 0.613. The Kier molecular flexibility index (Phi) is 2.82. The van der Waals surface area contributed by atoms with Gasteiger partial charge in [-0.05, 0) is 24.5 Å². The van der Waals surface area contributed by atoms with Gasteiger partial charge in [0.05, 0.1) is 30.4 Å². The molecule has 24 heavy (non-hydrogen) atoms. The summed E-state index contributed by atoms with van der Waals surface area (Å²) in [7, 11) is 0.